The monoisotopic (exact) mass is 334 g/mol. The lowest BCUT2D eigenvalue weighted by atomic mass is 10.1. The maximum absolute atomic E-state index is 12.5. The fourth-order valence-electron chi connectivity index (χ4n) is 2.82. The zero-order valence-electron chi connectivity index (χ0n) is 14.0. The van der Waals surface area contributed by atoms with Gasteiger partial charge in [0.1, 0.15) is 6.04 Å². The van der Waals surface area contributed by atoms with E-state index in [0.717, 1.165) is 23.4 Å². The minimum atomic E-state index is -0.400. The number of para-hydroxylation sites is 1. The highest BCUT2D eigenvalue weighted by atomic mass is 32.2. The summed E-state index contributed by atoms with van der Waals surface area (Å²) in [6.07, 6.45) is 3.17. The Balaban J connectivity index is 1.93. The van der Waals surface area contributed by atoms with Crippen LogP contribution >= 0.6 is 11.8 Å². The molecule has 1 aromatic rings. The summed E-state index contributed by atoms with van der Waals surface area (Å²) >= 11 is 1.92. The number of rotatable bonds is 8. The van der Waals surface area contributed by atoms with E-state index in [1.807, 2.05) is 43.0 Å². The summed E-state index contributed by atoms with van der Waals surface area (Å²) in [5, 5.41) is 3.00. The topological polar surface area (TPSA) is 49.4 Å². The lowest BCUT2D eigenvalue weighted by Gasteiger charge is -2.24. The molecule has 23 heavy (non-hydrogen) atoms. The van der Waals surface area contributed by atoms with Crippen LogP contribution in [0.3, 0.4) is 0 Å². The van der Waals surface area contributed by atoms with Crippen LogP contribution in [0.15, 0.2) is 24.3 Å². The Morgan fingerprint density at radius 1 is 1.26 bits per heavy atom. The molecular formula is C18H26N2O2S. The second-order valence-electron chi connectivity index (χ2n) is 5.72. The first-order valence-electron chi connectivity index (χ1n) is 8.44. The summed E-state index contributed by atoms with van der Waals surface area (Å²) in [5.74, 6) is 2.21. The second-order valence-corrected chi connectivity index (χ2v) is 6.95. The van der Waals surface area contributed by atoms with E-state index >= 15 is 0 Å². The van der Waals surface area contributed by atoms with Crippen molar-refractivity contribution < 1.29 is 9.59 Å². The summed E-state index contributed by atoms with van der Waals surface area (Å²) in [7, 11) is 0. The molecule has 1 aliphatic heterocycles. The smallest absolute Gasteiger partial charge is 0.243 e. The highest BCUT2D eigenvalue weighted by molar-refractivity contribution is 7.99. The van der Waals surface area contributed by atoms with Gasteiger partial charge in [0.2, 0.25) is 11.8 Å². The van der Waals surface area contributed by atoms with Gasteiger partial charge in [0.25, 0.3) is 0 Å². The molecule has 5 heteroatoms. The summed E-state index contributed by atoms with van der Waals surface area (Å²) in [6, 6.07) is 7.40. The van der Waals surface area contributed by atoms with Gasteiger partial charge in [-0.25, -0.2) is 0 Å². The highest BCUT2D eigenvalue weighted by Crippen LogP contribution is 2.32. The standard InChI is InChI=1S/C18H26N2O2S/c1-3-11-23-12-7-10-19-18(22)16-13-14-8-5-6-9-15(14)20(16)17(21)4-2/h5-6,8-9,16H,3-4,7,10-13H2,1-2H3,(H,19,22)/t16-/m0/s1. The van der Waals surface area contributed by atoms with E-state index in [1.54, 1.807) is 4.90 Å². The van der Waals surface area contributed by atoms with Gasteiger partial charge in [0.05, 0.1) is 0 Å². The van der Waals surface area contributed by atoms with Gasteiger partial charge in [-0.15, -0.1) is 0 Å². The van der Waals surface area contributed by atoms with Crippen LogP contribution in [0.2, 0.25) is 0 Å². The van der Waals surface area contributed by atoms with Gasteiger partial charge < -0.3 is 5.32 Å². The Labute approximate surface area is 143 Å². The number of fused-ring (bicyclic) bond motifs is 1. The van der Waals surface area contributed by atoms with Gasteiger partial charge in [-0.05, 0) is 36.0 Å². The Kier molecular flexibility index (Phi) is 6.96. The number of amides is 2. The molecule has 1 atom stereocenters. The molecule has 0 aliphatic carbocycles. The number of benzene rings is 1. The molecular weight excluding hydrogens is 308 g/mol. The first-order valence-corrected chi connectivity index (χ1v) is 9.59. The van der Waals surface area contributed by atoms with E-state index in [9.17, 15) is 9.59 Å². The van der Waals surface area contributed by atoms with Crippen LogP contribution in [0.4, 0.5) is 5.69 Å². The number of anilines is 1. The average Bonchev–Trinajstić information content (AvgIpc) is 2.96. The molecule has 126 valence electrons. The zero-order valence-corrected chi connectivity index (χ0v) is 14.8. The predicted molar refractivity (Wildman–Crippen MR) is 97.0 cm³/mol. The third kappa shape index (κ3) is 4.50. The molecule has 4 nitrogen and oxygen atoms in total. The lowest BCUT2D eigenvalue weighted by molar-refractivity contribution is -0.126. The van der Waals surface area contributed by atoms with E-state index in [2.05, 4.69) is 12.2 Å². The molecule has 0 bridgehead atoms. The van der Waals surface area contributed by atoms with Crippen LogP contribution in [-0.2, 0) is 16.0 Å². The van der Waals surface area contributed by atoms with Crippen molar-refractivity contribution >= 4 is 29.3 Å². The Hall–Kier alpha value is -1.49. The van der Waals surface area contributed by atoms with E-state index in [1.165, 1.54) is 12.2 Å². The number of nitrogens with one attached hydrogen (secondary N) is 1. The van der Waals surface area contributed by atoms with Crippen LogP contribution in [0.1, 0.15) is 38.7 Å². The van der Waals surface area contributed by atoms with Gasteiger partial charge in [0, 0.05) is 25.1 Å². The van der Waals surface area contributed by atoms with Gasteiger partial charge in [-0.2, -0.15) is 11.8 Å². The van der Waals surface area contributed by atoms with Crippen LogP contribution in [0.5, 0.6) is 0 Å². The van der Waals surface area contributed by atoms with E-state index < -0.39 is 6.04 Å². The predicted octanol–water partition coefficient (Wildman–Crippen LogP) is 3.00. The normalized spacial score (nSPS) is 16.3. The molecule has 0 saturated carbocycles. The van der Waals surface area contributed by atoms with E-state index in [4.69, 9.17) is 0 Å². The Bertz CT molecular complexity index is 548. The Morgan fingerprint density at radius 2 is 2.04 bits per heavy atom. The van der Waals surface area contributed by atoms with Crippen molar-refractivity contribution in [2.24, 2.45) is 0 Å². The average molecular weight is 334 g/mol. The number of carbonyl (C=O) groups excluding carboxylic acids is 2. The van der Waals surface area contributed by atoms with Crippen LogP contribution in [-0.4, -0.2) is 35.9 Å². The SMILES string of the molecule is CCCSCCCNC(=O)[C@@H]1Cc2ccccc2N1C(=O)CC. The van der Waals surface area contributed by atoms with Crippen molar-refractivity contribution in [2.45, 2.75) is 45.6 Å². The van der Waals surface area contributed by atoms with E-state index in [-0.39, 0.29) is 11.8 Å². The molecule has 1 N–H and O–H groups in total. The summed E-state index contributed by atoms with van der Waals surface area (Å²) in [6.45, 7) is 4.69. The van der Waals surface area contributed by atoms with Gasteiger partial charge in [0.15, 0.2) is 0 Å². The fraction of sp³-hybridized carbons (Fsp3) is 0.556. The molecule has 1 aliphatic rings. The molecule has 0 unspecified atom stereocenters. The largest absolute Gasteiger partial charge is 0.354 e. The van der Waals surface area contributed by atoms with Crippen molar-refractivity contribution in [2.75, 3.05) is 23.0 Å². The van der Waals surface area contributed by atoms with Gasteiger partial charge in [-0.1, -0.05) is 32.0 Å². The fourth-order valence-corrected chi connectivity index (χ4v) is 3.67. The second kappa shape index (κ2) is 8.96. The number of hydrogen-bond acceptors (Lipinski definition) is 3. The van der Waals surface area contributed by atoms with Crippen molar-refractivity contribution in [3.63, 3.8) is 0 Å². The molecule has 0 spiro atoms. The van der Waals surface area contributed by atoms with Crippen LogP contribution in [0.25, 0.3) is 0 Å². The molecule has 2 amide bonds. The number of nitrogens with zero attached hydrogens (tertiary/aromatic N) is 1. The summed E-state index contributed by atoms with van der Waals surface area (Å²) < 4.78 is 0. The molecule has 0 aromatic heterocycles. The lowest BCUT2D eigenvalue weighted by Crippen LogP contribution is -2.48. The summed E-state index contributed by atoms with van der Waals surface area (Å²) in [4.78, 5) is 26.5. The van der Waals surface area contributed by atoms with Crippen molar-refractivity contribution in [3.05, 3.63) is 29.8 Å². The Morgan fingerprint density at radius 3 is 2.78 bits per heavy atom. The maximum Gasteiger partial charge on any atom is 0.243 e. The molecule has 2 rings (SSSR count). The minimum absolute atomic E-state index is 0.00796. The molecule has 1 aromatic carbocycles. The first kappa shape index (κ1) is 17.9. The van der Waals surface area contributed by atoms with Gasteiger partial charge in [-0.3, -0.25) is 14.5 Å². The number of thioether (sulfide) groups is 1. The number of carbonyl (C=O) groups is 2. The molecule has 0 saturated heterocycles. The van der Waals surface area contributed by atoms with Crippen LogP contribution in [0, 0.1) is 0 Å². The molecule has 0 radical (unpaired) electrons. The first-order chi connectivity index (χ1) is 11.2. The summed E-state index contributed by atoms with van der Waals surface area (Å²) in [5.41, 5.74) is 1.96. The highest BCUT2D eigenvalue weighted by Gasteiger charge is 2.37. The minimum Gasteiger partial charge on any atom is -0.354 e. The number of hydrogen-bond donors (Lipinski definition) is 1. The third-order valence-corrected chi connectivity index (χ3v) is 5.24. The van der Waals surface area contributed by atoms with Crippen molar-refractivity contribution in [1.29, 1.82) is 0 Å². The van der Waals surface area contributed by atoms with E-state index in [0.29, 0.717) is 19.4 Å². The van der Waals surface area contributed by atoms with Crippen LogP contribution < -0.4 is 10.2 Å². The van der Waals surface area contributed by atoms with Gasteiger partial charge >= 0.3 is 0 Å². The third-order valence-electron chi connectivity index (χ3n) is 3.96. The van der Waals surface area contributed by atoms with Crippen molar-refractivity contribution in [1.82, 2.24) is 5.32 Å². The maximum atomic E-state index is 12.5. The zero-order chi connectivity index (χ0) is 16.7. The van der Waals surface area contributed by atoms with Crippen molar-refractivity contribution in [3.8, 4) is 0 Å². The molecule has 0 fully saturated rings. The quantitative estimate of drug-likeness (QED) is 0.744. The molecule has 1 heterocycles.